The number of nitrogens with zero attached hydrogens (tertiary/aromatic N) is 2. The summed E-state index contributed by atoms with van der Waals surface area (Å²) in [5.74, 6) is -2.41. The number of benzene rings is 7. The molecule has 0 spiro atoms. The van der Waals surface area contributed by atoms with Crippen molar-refractivity contribution in [2.24, 2.45) is 0 Å². The Balaban J connectivity index is 0.000000177. The number of amides is 2. The molecule has 1 aliphatic heterocycles. The fraction of sp³-hybridized carbons (Fsp3) is 0.125. The van der Waals surface area contributed by atoms with Gasteiger partial charge in [-0.05, 0) is 153 Å². The predicted molar refractivity (Wildman–Crippen MR) is 278 cm³/mol. The van der Waals surface area contributed by atoms with Crippen LogP contribution in [0, 0.1) is 63.4 Å². The number of fused-ring (bicyclic) bond motifs is 2. The third kappa shape index (κ3) is 14.0. The Bertz CT molecular complexity index is 3540. The van der Waals surface area contributed by atoms with Crippen LogP contribution in [-0.4, -0.2) is 52.9 Å². The average molecular weight is 1010 g/mol. The van der Waals surface area contributed by atoms with E-state index in [2.05, 4.69) is 26.7 Å². The molecule has 0 radical (unpaired) electrons. The molecule has 8 N–H and O–H groups in total. The van der Waals surface area contributed by atoms with Gasteiger partial charge in [0.25, 0.3) is 23.2 Å². The van der Waals surface area contributed by atoms with E-state index >= 15 is 0 Å². The minimum atomic E-state index is -1.22. The van der Waals surface area contributed by atoms with E-state index in [0.717, 1.165) is 28.8 Å². The molecular weight excluding hydrogens is 956 g/mol. The zero-order valence-electron chi connectivity index (χ0n) is 41.1. The van der Waals surface area contributed by atoms with Gasteiger partial charge in [0, 0.05) is 11.4 Å². The Morgan fingerprint density at radius 3 is 1.93 bits per heavy atom. The molecule has 1 aromatic heterocycles. The molecule has 0 unspecified atom stereocenters. The van der Waals surface area contributed by atoms with E-state index in [1.54, 1.807) is 75.6 Å². The maximum absolute atomic E-state index is 13.0. The smallest absolute Gasteiger partial charge is 0.337 e. The topological polar surface area (TPSA) is 253 Å². The summed E-state index contributed by atoms with van der Waals surface area (Å²) < 4.78 is 48.7. The van der Waals surface area contributed by atoms with Crippen LogP contribution in [0.1, 0.15) is 64.5 Å². The van der Waals surface area contributed by atoms with Crippen LogP contribution in [0.5, 0.6) is 11.5 Å². The molecule has 8 aromatic rings. The van der Waals surface area contributed by atoms with Gasteiger partial charge in [-0.2, -0.15) is 5.26 Å². The van der Waals surface area contributed by atoms with E-state index in [1.807, 2.05) is 56.3 Å². The Morgan fingerprint density at radius 2 is 1.28 bits per heavy atom. The van der Waals surface area contributed by atoms with Crippen molar-refractivity contribution in [2.45, 2.75) is 34.6 Å². The molecule has 0 bridgehead atoms. The maximum atomic E-state index is 13.0. The fourth-order valence-electron chi connectivity index (χ4n) is 6.93. The lowest BCUT2D eigenvalue weighted by molar-refractivity contribution is -0.112. The number of nitrogen functional groups attached to an aromatic ring is 2. The first kappa shape index (κ1) is 55.2. The van der Waals surface area contributed by atoms with Gasteiger partial charge in [-0.3, -0.25) is 19.2 Å². The summed E-state index contributed by atoms with van der Waals surface area (Å²) in [5, 5.41) is 23.3. The summed E-state index contributed by atoms with van der Waals surface area (Å²) >= 11 is 0. The highest BCUT2D eigenvalue weighted by Gasteiger charge is 2.28. The van der Waals surface area contributed by atoms with Gasteiger partial charge in [0.15, 0.2) is 0 Å². The summed E-state index contributed by atoms with van der Waals surface area (Å²) in [4.78, 5) is 64.2. The number of H-pyrrole nitrogens is 1. The second-order valence-electron chi connectivity index (χ2n) is 16.4. The van der Waals surface area contributed by atoms with Gasteiger partial charge in [-0.25, -0.2) is 22.9 Å². The predicted octanol–water partition coefficient (Wildman–Crippen LogP) is 10.4. The number of carboxylic acid groups (broad SMARTS) is 1. The van der Waals surface area contributed by atoms with Crippen LogP contribution in [0.25, 0.3) is 22.3 Å². The second kappa shape index (κ2) is 24.9. The van der Waals surface area contributed by atoms with Crippen LogP contribution in [0.4, 0.5) is 35.9 Å². The van der Waals surface area contributed by atoms with Gasteiger partial charge in [-0.15, -0.1) is 0 Å². The molecule has 2 heterocycles. The largest absolute Gasteiger partial charge is 0.496 e. The van der Waals surface area contributed by atoms with Crippen molar-refractivity contribution in [2.75, 3.05) is 36.3 Å². The number of aromatic nitrogens is 2. The van der Waals surface area contributed by atoms with Crippen molar-refractivity contribution in [3.8, 4) is 29.0 Å². The normalized spacial score (nSPS) is 10.8. The van der Waals surface area contributed by atoms with Crippen molar-refractivity contribution in [3.05, 3.63) is 205 Å². The number of carboxylic acids is 1. The van der Waals surface area contributed by atoms with Gasteiger partial charge in [0.2, 0.25) is 0 Å². The minimum Gasteiger partial charge on any atom is -0.496 e. The molecule has 74 heavy (non-hydrogen) atoms. The molecule has 7 aromatic carbocycles. The number of methoxy groups -OCH3 is 2. The van der Waals surface area contributed by atoms with Crippen LogP contribution in [-0.2, 0) is 4.79 Å². The fourth-order valence-corrected chi connectivity index (χ4v) is 6.93. The van der Waals surface area contributed by atoms with E-state index in [-0.39, 0.29) is 34.1 Å². The number of ketones is 1. The number of carbonyl (C=O) groups is 4. The van der Waals surface area contributed by atoms with Gasteiger partial charge in [0.05, 0.1) is 64.3 Å². The number of Topliss-reactive ketones (excluding diaryl/α,β-unsaturated/α-hetero) is 1. The molecule has 0 atom stereocenters. The lowest BCUT2D eigenvalue weighted by atomic mass is 10.1. The first-order valence-electron chi connectivity index (χ1n) is 22.2. The van der Waals surface area contributed by atoms with Crippen molar-refractivity contribution in [3.63, 3.8) is 0 Å². The van der Waals surface area contributed by atoms with Crippen LogP contribution in [0.2, 0.25) is 0 Å². The zero-order valence-corrected chi connectivity index (χ0v) is 41.1. The lowest BCUT2D eigenvalue weighted by Crippen LogP contribution is -2.14. The SMILES string of the molecule is COc1ccccc1-c1nc2cc(C)ccc2c(=O)[nH]1.COc1ccccc1C(=O)Nc1cc(C)ccc1C#N.Cc1cc(N)c(C(=O)O)cc1F.Cc1cc(N)ccc1F.Cc1cc2c(cc1F)C(=O)C(=O)N2. The summed E-state index contributed by atoms with van der Waals surface area (Å²) in [7, 11) is 3.11. The zero-order chi connectivity index (χ0) is 54.4. The number of rotatable bonds is 6. The van der Waals surface area contributed by atoms with Gasteiger partial charge >= 0.3 is 5.97 Å². The van der Waals surface area contributed by atoms with E-state index in [0.29, 0.717) is 73.1 Å². The number of aromatic amines is 1. The Labute approximate surface area is 423 Å². The highest BCUT2D eigenvalue weighted by molar-refractivity contribution is 6.51. The first-order chi connectivity index (χ1) is 35.1. The number of aryl methyl sites for hydroxylation is 5. The van der Waals surface area contributed by atoms with Gasteiger partial charge < -0.3 is 41.7 Å². The quantitative estimate of drug-likeness (QED) is 0.0672. The number of hydrogen-bond donors (Lipinski definition) is 6. The van der Waals surface area contributed by atoms with Crippen molar-refractivity contribution in [1.29, 1.82) is 5.26 Å². The van der Waals surface area contributed by atoms with E-state index in [9.17, 15) is 37.1 Å². The van der Waals surface area contributed by atoms with Crippen LogP contribution < -0.4 is 37.1 Å². The molecular formula is C56H50F3N7O8. The summed E-state index contributed by atoms with van der Waals surface area (Å²) in [5.41, 5.74) is 17.8. The molecule has 0 saturated heterocycles. The number of halogens is 3. The average Bonchev–Trinajstić information content (AvgIpc) is 3.64. The van der Waals surface area contributed by atoms with E-state index < -0.39 is 29.3 Å². The monoisotopic (exact) mass is 1010 g/mol. The molecule has 0 fully saturated rings. The third-order valence-corrected chi connectivity index (χ3v) is 10.9. The lowest BCUT2D eigenvalue weighted by Gasteiger charge is -2.10. The summed E-state index contributed by atoms with van der Waals surface area (Å²) in [6.45, 7) is 8.67. The van der Waals surface area contributed by atoms with Crippen LogP contribution in [0.15, 0.2) is 132 Å². The molecule has 0 saturated carbocycles. The minimum absolute atomic E-state index is 0.0846. The highest BCUT2D eigenvalue weighted by Crippen LogP contribution is 2.28. The number of carbonyl (C=O) groups excluding carboxylic acids is 3. The Hall–Kier alpha value is -9.76. The number of nitriles is 1. The number of ether oxygens (including phenoxy) is 2. The van der Waals surface area contributed by atoms with Crippen LogP contribution in [0.3, 0.4) is 0 Å². The van der Waals surface area contributed by atoms with E-state index in [1.165, 1.54) is 32.2 Å². The number of nitrogens with two attached hydrogens (primary N) is 2. The standard InChI is InChI=1S/2C16H14N2O2.C9H6FNO2.C8H8FNO2.C7H8FN/c1-10-7-8-11-13(9-10)17-15(18-16(11)19)12-5-3-4-6-14(12)20-2;1-11-7-8-12(10-17)14(9-11)18-16(19)13-5-3-4-6-15(13)20-2;1-4-2-7-5(3-6(4)10)8(12)9(13)11-7;1-4-2-7(10)5(8(11)12)3-6(4)9;1-5-4-6(9)2-3-7(5)8/h3-9H,1-2H3,(H,17,18,19);3-9H,1-2H3,(H,18,19);2-3H,1H3,(H,11,12,13);2-3H,10H2,1H3,(H,11,12);2-4H,9H2,1H3. The van der Waals surface area contributed by atoms with Gasteiger partial charge in [-0.1, -0.05) is 36.4 Å². The highest BCUT2D eigenvalue weighted by atomic mass is 19.1. The molecule has 1 aliphatic rings. The van der Waals surface area contributed by atoms with Crippen molar-refractivity contribution in [1.82, 2.24) is 9.97 Å². The summed E-state index contributed by atoms with van der Waals surface area (Å²) in [6.07, 6.45) is 0. The molecule has 378 valence electrons. The Morgan fingerprint density at radius 1 is 0.676 bits per heavy atom. The van der Waals surface area contributed by atoms with Crippen molar-refractivity contribution >= 4 is 57.2 Å². The molecule has 9 rings (SSSR count). The van der Waals surface area contributed by atoms with Crippen molar-refractivity contribution < 1.29 is 46.9 Å². The molecule has 2 amide bonds. The number of aromatic carboxylic acids is 1. The van der Waals surface area contributed by atoms with Crippen LogP contribution >= 0.6 is 0 Å². The number of para-hydroxylation sites is 2. The Kier molecular flexibility index (Phi) is 18.5. The first-order valence-corrected chi connectivity index (χ1v) is 22.2. The number of hydrogen-bond acceptors (Lipinski definition) is 11. The molecule has 15 nitrogen and oxygen atoms in total. The van der Waals surface area contributed by atoms with Gasteiger partial charge in [0.1, 0.15) is 40.8 Å². The number of anilines is 4. The maximum Gasteiger partial charge on any atom is 0.337 e. The number of nitrogens with one attached hydrogen (secondary N) is 3. The third-order valence-electron chi connectivity index (χ3n) is 10.9. The molecule has 0 aliphatic carbocycles. The molecule has 18 heteroatoms. The second-order valence-corrected chi connectivity index (χ2v) is 16.4. The van der Waals surface area contributed by atoms with E-state index in [4.69, 9.17) is 31.3 Å². The summed E-state index contributed by atoms with van der Waals surface area (Å²) in [6, 6.07) is 36.7.